The number of aliphatic carboxylic acids is 1. The van der Waals surface area contributed by atoms with Crippen LogP contribution in [0, 0.1) is 0 Å². The van der Waals surface area contributed by atoms with Gasteiger partial charge in [0.15, 0.2) is 17.3 Å². The molecule has 0 bridgehead atoms. The van der Waals surface area contributed by atoms with Gasteiger partial charge in [0.2, 0.25) is 5.91 Å². The molecule has 7 rings (SSSR count). The van der Waals surface area contributed by atoms with Crippen LogP contribution in [0.15, 0.2) is 96.6 Å². The number of hydrogen-bond acceptors (Lipinski definition) is 6. The van der Waals surface area contributed by atoms with E-state index in [-0.39, 0.29) is 18.6 Å². The smallest absolute Gasteiger partial charge is 0.282 e. The third-order valence-electron chi connectivity index (χ3n) is 11.3. The second-order valence-electron chi connectivity index (χ2n) is 14.7. The Hall–Kier alpha value is -5.28. The third-order valence-corrected chi connectivity index (χ3v) is 11.5. The van der Waals surface area contributed by atoms with Crippen LogP contribution in [0.1, 0.15) is 70.7 Å². The standard InChI is InChI=1S/C46H52ClN5O4/c1-4-32(29-45-50(6-3)39-16-10-11-17-42(39)56-45)28-44-49(5-2)38-21-18-34(33-14-8-7-9-15-33)31-41(38)52(44)26-13-12-25-48-43(53)24-27-51-37-23-20-36(47)30-35(37)19-22-40(51)46(54)55/h7-11,14-18,20-21,23,28,30-31,40,45H,4-6,12-13,19,22,24-27,29H2,1-3H3,(H-,48,53,54,55)/b32-28+. The van der Waals surface area contributed by atoms with E-state index in [1.54, 1.807) is 11.0 Å². The van der Waals surface area contributed by atoms with Crippen LogP contribution < -0.4 is 29.5 Å². The van der Waals surface area contributed by atoms with E-state index in [1.165, 1.54) is 27.7 Å². The average Bonchev–Trinajstić information content (AvgIpc) is 3.72. The van der Waals surface area contributed by atoms with Gasteiger partial charge in [-0.2, -0.15) is 0 Å². The number of ether oxygens (including phenoxy) is 1. The van der Waals surface area contributed by atoms with Gasteiger partial charge in [-0.15, -0.1) is 0 Å². The first-order valence-corrected chi connectivity index (χ1v) is 20.5. The quantitative estimate of drug-likeness (QED) is 0.0823. The predicted octanol–water partition coefficient (Wildman–Crippen LogP) is 7.56. The first-order valence-electron chi connectivity index (χ1n) is 20.1. The lowest BCUT2D eigenvalue weighted by Crippen LogP contribution is -2.51. The maximum absolute atomic E-state index is 13.1. The van der Waals surface area contributed by atoms with Crippen molar-refractivity contribution in [2.45, 2.75) is 91.1 Å². The molecule has 1 amide bonds. The van der Waals surface area contributed by atoms with Crippen LogP contribution in [-0.2, 0) is 29.1 Å². The molecule has 0 spiro atoms. The number of carbonyl (C=O) groups excluding carboxylic acids is 2. The molecule has 2 aliphatic rings. The van der Waals surface area contributed by atoms with Crippen LogP contribution in [0.25, 0.3) is 28.2 Å². The molecule has 5 aromatic rings. The Morgan fingerprint density at radius 3 is 2.48 bits per heavy atom. The molecule has 9 nitrogen and oxygen atoms in total. The summed E-state index contributed by atoms with van der Waals surface area (Å²) in [5.74, 6) is 0.888. The summed E-state index contributed by atoms with van der Waals surface area (Å²) < 4.78 is 11.4. The van der Waals surface area contributed by atoms with E-state index in [0.29, 0.717) is 31.0 Å². The molecule has 2 atom stereocenters. The highest BCUT2D eigenvalue weighted by molar-refractivity contribution is 6.30. The van der Waals surface area contributed by atoms with Crippen molar-refractivity contribution in [3.05, 3.63) is 113 Å². The first-order chi connectivity index (χ1) is 27.3. The number of imidazole rings is 1. The van der Waals surface area contributed by atoms with Gasteiger partial charge in [0.1, 0.15) is 5.75 Å². The zero-order valence-corrected chi connectivity index (χ0v) is 33.4. The van der Waals surface area contributed by atoms with E-state index >= 15 is 0 Å². The van der Waals surface area contributed by atoms with Crippen LogP contribution in [0.3, 0.4) is 0 Å². The number of nitrogens with one attached hydrogen (secondary N) is 1. The molecule has 1 aromatic heterocycles. The fraction of sp³-hybridized carbons (Fsp3) is 0.370. The van der Waals surface area contributed by atoms with Gasteiger partial charge >= 0.3 is 0 Å². The van der Waals surface area contributed by atoms with Gasteiger partial charge < -0.3 is 29.8 Å². The number of halogens is 1. The van der Waals surface area contributed by atoms with Crippen LogP contribution in [0.4, 0.5) is 11.4 Å². The number of carboxylic acids is 1. The molecular formula is C46H52ClN5O4. The highest BCUT2D eigenvalue weighted by Crippen LogP contribution is 2.39. The zero-order chi connectivity index (χ0) is 39.2. The summed E-state index contributed by atoms with van der Waals surface area (Å²) in [6.45, 7) is 9.92. The highest BCUT2D eigenvalue weighted by Gasteiger charge is 2.31. The second-order valence-corrected chi connectivity index (χ2v) is 15.1. The number of hydrogen-bond donors (Lipinski definition) is 1. The molecular weight excluding hydrogens is 722 g/mol. The van der Waals surface area contributed by atoms with Crippen LogP contribution in [0.5, 0.6) is 5.75 Å². The van der Waals surface area contributed by atoms with Crippen LogP contribution in [0.2, 0.25) is 5.02 Å². The molecule has 0 aliphatic carbocycles. The van der Waals surface area contributed by atoms with E-state index in [2.05, 4.69) is 107 Å². The lowest BCUT2D eigenvalue weighted by Gasteiger charge is -2.39. The number of amides is 1. The third kappa shape index (κ3) is 8.28. The number of fused-ring (bicyclic) bond motifs is 3. The molecule has 292 valence electrons. The van der Waals surface area contributed by atoms with Crippen molar-refractivity contribution in [1.82, 2.24) is 9.88 Å². The monoisotopic (exact) mass is 773 g/mol. The Labute approximate surface area is 335 Å². The fourth-order valence-corrected chi connectivity index (χ4v) is 8.59. The molecule has 3 heterocycles. The Balaban J connectivity index is 1.07. The molecule has 2 unspecified atom stereocenters. The first kappa shape index (κ1) is 39.0. The Morgan fingerprint density at radius 2 is 1.71 bits per heavy atom. The highest BCUT2D eigenvalue weighted by atomic mass is 35.5. The number of nitrogens with zero attached hydrogens (tertiary/aromatic N) is 4. The van der Waals surface area contributed by atoms with Crippen molar-refractivity contribution in [3.63, 3.8) is 0 Å². The van der Waals surface area contributed by atoms with Crippen LogP contribution >= 0.6 is 11.6 Å². The predicted molar refractivity (Wildman–Crippen MR) is 223 cm³/mol. The maximum atomic E-state index is 13.1. The zero-order valence-electron chi connectivity index (χ0n) is 32.7. The SMILES string of the molecule is CC/C(=C\c1n(CCCCNC(=O)CCN2c3ccc(Cl)cc3CCC2C(=O)[O-])c2cc(-c3ccccc3)ccc2[n+]1CC)CC1Oc2ccccc2N1CC. The topological polar surface area (TPSA) is 93.8 Å². The summed E-state index contributed by atoms with van der Waals surface area (Å²) >= 11 is 6.21. The summed E-state index contributed by atoms with van der Waals surface area (Å²) in [5, 5.41) is 15.7. The van der Waals surface area contributed by atoms with Gasteiger partial charge in [0.05, 0.1) is 30.8 Å². The number of carboxylic acid groups (broad SMARTS) is 1. The number of aromatic nitrogens is 2. The summed E-state index contributed by atoms with van der Waals surface area (Å²) in [6.07, 6.45) is 6.90. The van der Waals surface area contributed by atoms with E-state index < -0.39 is 12.0 Å². The number of carbonyl (C=O) groups is 2. The van der Waals surface area contributed by atoms with Gasteiger partial charge in [-0.1, -0.05) is 66.6 Å². The number of rotatable bonds is 16. The lowest BCUT2D eigenvalue weighted by atomic mass is 9.95. The van der Waals surface area contributed by atoms with E-state index in [0.717, 1.165) is 73.8 Å². The Kier molecular flexibility index (Phi) is 12.3. The van der Waals surface area contributed by atoms with Gasteiger partial charge in [-0.3, -0.25) is 4.79 Å². The Bertz CT molecular complexity index is 2220. The van der Waals surface area contributed by atoms with Crippen molar-refractivity contribution in [3.8, 4) is 16.9 Å². The van der Waals surface area contributed by atoms with Gasteiger partial charge in [-0.25, -0.2) is 9.13 Å². The minimum atomic E-state index is -1.12. The summed E-state index contributed by atoms with van der Waals surface area (Å²) in [4.78, 5) is 29.2. The number of aryl methyl sites for hydroxylation is 3. The average molecular weight is 774 g/mol. The molecule has 0 radical (unpaired) electrons. The number of anilines is 2. The molecule has 2 aliphatic heterocycles. The normalized spacial score (nSPS) is 16.5. The molecule has 4 aromatic carbocycles. The number of para-hydroxylation sites is 2. The molecule has 0 saturated carbocycles. The lowest BCUT2D eigenvalue weighted by molar-refractivity contribution is -0.670. The van der Waals surface area contributed by atoms with Crippen molar-refractivity contribution in [1.29, 1.82) is 0 Å². The molecule has 56 heavy (non-hydrogen) atoms. The van der Waals surface area contributed by atoms with Gasteiger partial charge in [0, 0.05) is 49.3 Å². The second kappa shape index (κ2) is 17.7. The summed E-state index contributed by atoms with van der Waals surface area (Å²) in [7, 11) is 0. The fourth-order valence-electron chi connectivity index (χ4n) is 8.40. The van der Waals surface area contributed by atoms with Crippen molar-refractivity contribution in [2.24, 2.45) is 0 Å². The van der Waals surface area contributed by atoms with E-state index in [9.17, 15) is 14.7 Å². The van der Waals surface area contributed by atoms with E-state index in [1.807, 2.05) is 24.3 Å². The van der Waals surface area contributed by atoms with Crippen molar-refractivity contribution < 1.29 is 24.0 Å². The number of unbranched alkanes of at least 4 members (excludes halogenated alkanes) is 1. The maximum Gasteiger partial charge on any atom is 0.282 e. The largest absolute Gasteiger partial charge is 0.548 e. The van der Waals surface area contributed by atoms with Crippen LogP contribution in [-0.4, -0.2) is 48.3 Å². The van der Waals surface area contributed by atoms with Gasteiger partial charge in [-0.05, 0) is 111 Å². The molecule has 0 fully saturated rings. The van der Waals surface area contributed by atoms with Gasteiger partial charge in [0.25, 0.3) is 5.82 Å². The number of benzene rings is 4. The minimum absolute atomic E-state index is 0.0559. The molecule has 10 heteroatoms. The van der Waals surface area contributed by atoms with E-state index in [4.69, 9.17) is 16.3 Å². The van der Waals surface area contributed by atoms with Crippen molar-refractivity contribution in [2.75, 3.05) is 29.4 Å². The summed E-state index contributed by atoms with van der Waals surface area (Å²) in [5.41, 5.74) is 9.01. The molecule has 1 N–H and O–H groups in total. The molecule has 0 saturated heterocycles. The van der Waals surface area contributed by atoms with Crippen molar-refractivity contribution >= 4 is 52.0 Å². The Morgan fingerprint density at radius 1 is 0.911 bits per heavy atom. The minimum Gasteiger partial charge on any atom is -0.548 e. The summed E-state index contributed by atoms with van der Waals surface area (Å²) in [6, 6.07) is 30.3.